The van der Waals surface area contributed by atoms with Gasteiger partial charge in [-0.3, -0.25) is 15.0 Å². The molecule has 1 fully saturated rings. The molecule has 1 aliphatic rings. The van der Waals surface area contributed by atoms with Gasteiger partial charge in [0.1, 0.15) is 9.07 Å². The van der Waals surface area contributed by atoms with Crippen LogP contribution in [0.1, 0.15) is 25.0 Å². The van der Waals surface area contributed by atoms with Crippen molar-refractivity contribution in [1.29, 1.82) is 0 Å². The molecule has 2 aromatic rings. The summed E-state index contributed by atoms with van der Waals surface area (Å²) in [5, 5.41) is 24.0. The van der Waals surface area contributed by atoms with Gasteiger partial charge in [-0.2, -0.15) is 4.74 Å². The van der Waals surface area contributed by atoms with Crippen LogP contribution in [0.4, 0.5) is 5.69 Å². The number of non-ortho nitro benzene ring substituents is 1. The minimum atomic E-state index is -0.519. The van der Waals surface area contributed by atoms with Gasteiger partial charge >= 0.3 is 0 Å². The van der Waals surface area contributed by atoms with Crippen molar-refractivity contribution >= 4 is 40.2 Å². The number of nitrogens with zero attached hydrogens (tertiary/aromatic N) is 3. The molecule has 0 saturated carbocycles. The second-order valence-electron chi connectivity index (χ2n) is 6.80. The first-order valence-corrected chi connectivity index (χ1v) is 9.59. The van der Waals surface area contributed by atoms with E-state index in [4.69, 9.17) is 12.2 Å². The van der Waals surface area contributed by atoms with E-state index in [0.29, 0.717) is 16.4 Å². The minimum absolute atomic E-state index is 0.0473. The molecule has 1 saturated heterocycles. The first-order valence-electron chi connectivity index (χ1n) is 8.36. The summed E-state index contributed by atoms with van der Waals surface area (Å²) in [4.78, 5) is 12.4. The van der Waals surface area contributed by atoms with E-state index in [9.17, 15) is 15.3 Å². The number of thioether (sulfide) groups is 1. The molecule has 140 valence electrons. The van der Waals surface area contributed by atoms with Crippen LogP contribution in [-0.4, -0.2) is 36.0 Å². The van der Waals surface area contributed by atoms with Gasteiger partial charge < -0.3 is 5.21 Å². The first kappa shape index (κ1) is 19.3. The average molecular weight is 402 g/mol. The Morgan fingerprint density at radius 2 is 1.89 bits per heavy atom. The predicted octanol–water partition coefficient (Wildman–Crippen LogP) is 4.16. The maximum Gasteiger partial charge on any atom is 0.270 e. The Kier molecular flexibility index (Phi) is 5.48. The van der Waals surface area contributed by atoms with Crippen LogP contribution in [-0.2, 0) is 6.54 Å². The first-order chi connectivity index (χ1) is 12.8. The zero-order chi connectivity index (χ0) is 19.6. The van der Waals surface area contributed by atoms with Gasteiger partial charge in [0, 0.05) is 17.7 Å². The highest BCUT2D eigenvalue weighted by Crippen LogP contribution is 2.42. The lowest BCUT2D eigenvalue weighted by atomic mass is 10.1. The van der Waals surface area contributed by atoms with Crippen molar-refractivity contribution in [3.8, 4) is 0 Å². The molecule has 1 heterocycles. The molecular weight excluding hydrogens is 382 g/mol. The molecule has 3 rings (SSSR count). The number of rotatable bonds is 5. The fourth-order valence-corrected chi connectivity index (χ4v) is 5.00. The van der Waals surface area contributed by atoms with E-state index in [0.717, 1.165) is 10.3 Å². The van der Waals surface area contributed by atoms with Crippen molar-refractivity contribution in [2.24, 2.45) is 0 Å². The molecule has 2 aromatic carbocycles. The Morgan fingerprint density at radius 3 is 2.56 bits per heavy atom. The Hall–Kier alpha value is -2.45. The second kappa shape index (κ2) is 7.66. The Labute approximate surface area is 167 Å². The molecule has 6 nitrogen and oxygen atoms in total. The molecule has 27 heavy (non-hydrogen) atoms. The summed E-state index contributed by atoms with van der Waals surface area (Å²) in [7, 11) is 0. The highest BCUT2D eigenvalue weighted by atomic mass is 32.2. The van der Waals surface area contributed by atoms with Crippen LogP contribution in [0.15, 0.2) is 54.6 Å². The number of hydrogen-bond donors (Lipinski definition) is 0. The van der Waals surface area contributed by atoms with Crippen molar-refractivity contribution in [2.75, 3.05) is 0 Å². The number of hydrogen-bond acceptors (Lipinski definition) is 5. The summed E-state index contributed by atoms with van der Waals surface area (Å²) in [6.45, 7) is 4.49. The van der Waals surface area contributed by atoms with Crippen molar-refractivity contribution in [3.05, 3.63) is 81.0 Å². The lowest BCUT2D eigenvalue weighted by Crippen LogP contribution is -2.47. The number of hydroxylamine groups is 1. The van der Waals surface area contributed by atoms with Crippen LogP contribution in [0.3, 0.4) is 0 Å². The lowest BCUT2D eigenvalue weighted by molar-refractivity contribution is -0.524. The highest BCUT2D eigenvalue weighted by molar-refractivity contribution is 8.24. The maximum atomic E-state index is 13.0. The van der Waals surface area contributed by atoms with Crippen molar-refractivity contribution in [3.63, 3.8) is 0 Å². The number of nitro groups is 1. The number of nitro benzene ring substituents is 1. The van der Waals surface area contributed by atoms with Crippen LogP contribution < -0.4 is 0 Å². The summed E-state index contributed by atoms with van der Waals surface area (Å²) in [5.74, 6) is 0. The lowest BCUT2D eigenvalue weighted by Gasteiger charge is -2.29. The molecule has 0 aromatic heterocycles. The summed E-state index contributed by atoms with van der Waals surface area (Å²) < 4.78 is 1.10. The summed E-state index contributed by atoms with van der Waals surface area (Å²) in [5.41, 5.74) is 1.50. The van der Waals surface area contributed by atoms with E-state index in [1.54, 1.807) is 12.1 Å². The molecular formula is C19H19N3O3S2. The summed E-state index contributed by atoms with van der Waals surface area (Å²) in [6, 6.07) is 15.9. The fourth-order valence-electron chi connectivity index (χ4n) is 3.12. The van der Waals surface area contributed by atoms with Crippen molar-refractivity contribution < 1.29 is 9.66 Å². The molecule has 1 atom stereocenters. The van der Waals surface area contributed by atoms with E-state index >= 15 is 0 Å². The molecule has 8 heteroatoms. The van der Waals surface area contributed by atoms with Gasteiger partial charge in [-0.25, -0.2) is 0 Å². The van der Waals surface area contributed by atoms with Crippen LogP contribution in [0.2, 0.25) is 0 Å². The second-order valence-corrected chi connectivity index (χ2v) is 9.09. The Bertz CT molecular complexity index is 900. The van der Waals surface area contributed by atoms with E-state index in [2.05, 4.69) is 0 Å². The third-order valence-electron chi connectivity index (χ3n) is 4.30. The molecule has 1 unspecified atom stereocenters. The smallest absolute Gasteiger partial charge is 0.270 e. The van der Waals surface area contributed by atoms with Gasteiger partial charge in [0.05, 0.1) is 11.5 Å². The van der Waals surface area contributed by atoms with Gasteiger partial charge in [-0.05, 0) is 25.5 Å². The van der Waals surface area contributed by atoms with E-state index < -0.39 is 15.8 Å². The van der Waals surface area contributed by atoms with Crippen molar-refractivity contribution in [2.45, 2.75) is 31.3 Å². The van der Waals surface area contributed by atoms with Gasteiger partial charge in [0.2, 0.25) is 0 Å². The monoisotopic (exact) mass is 401 g/mol. The van der Waals surface area contributed by atoms with Crippen LogP contribution in [0.25, 0.3) is 0 Å². The van der Waals surface area contributed by atoms with Gasteiger partial charge in [0.15, 0.2) is 6.21 Å². The van der Waals surface area contributed by atoms with E-state index in [1.807, 2.05) is 49.1 Å². The van der Waals surface area contributed by atoms with Crippen LogP contribution >= 0.6 is 24.0 Å². The zero-order valence-corrected chi connectivity index (χ0v) is 16.6. The fraction of sp³-hybridized carbons (Fsp3) is 0.263. The van der Waals surface area contributed by atoms with Crippen LogP contribution in [0, 0.1) is 15.3 Å². The average Bonchev–Trinajstić information content (AvgIpc) is 2.84. The van der Waals surface area contributed by atoms with E-state index in [1.165, 1.54) is 30.1 Å². The van der Waals surface area contributed by atoms with Crippen molar-refractivity contribution in [1.82, 2.24) is 4.90 Å². The van der Waals surface area contributed by atoms with Gasteiger partial charge in [-0.15, -0.1) is 0 Å². The SMILES string of the molecule is CC1(C)SC(=S)N(Cc2ccccc2)C1[N+]([O-])=Cc1cccc([N+](=O)[O-])c1. The normalized spacial score (nSPS) is 19.3. The maximum absolute atomic E-state index is 13.0. The van der Waals surface area contributed by atoms with Gasteiger partial charge in [0.25, 0.3) is 11.9 Å². The Balaban J connectivity index is 1.93. The summed E-state index contributed by atoms with van der Waals surface area (Å²) >= 11 is 7.02. The molecule has 0 N–H and O–H groups in total. The highest BCUT2D eigenvalue weighted by Gasteiger charge is 2.50. The molecule has 0 spiro atoms. The largest absolute Gasteiger partial charge is 0.622 e. The van der Waals surface area contributed by atoms with Crippen LogP contribution in [0.5, 0.6) is 0 Å². The predicted molar refractivity (Wildman–Crippen MR) is 112 cm³/mol. The topological polar surface area (TPSA) is 72.5 Å². The summed E-state index contributed by atoms with van der Waals surface area (Å²) in [6.07, 6.45) is 0.876. The molecule has 0 aliphatic carbocycles. The zero-order valence-electron chi connectivity index (χ0n) is 14.9. The van der Waals surface area contributed by atoms with E-state index in [-0.39, 0.29) is 5.69 Å². The number of benzene rings is 2. The third kappa shape index (κ3) is 4.28. The molecule has 1 aliphatic heterocycles. The molecule has 0 amide bonds. The Morgan fingerprint density at radius 1 is 1.19 bits per heavy atom. The molecule has 0 radical (unpaired) electrons. The standard InChI is InChI=1S/C19H19N3O3S2/c1-19(2)17(20(18(26)27-19)12-14-7-4-3-5-8-14)21(23)13-15-9-6-10-16(11-15)22(24)25/h3-11,13,17H,12H2,1-2H3. The minimum Gasteiger partial charge on any atom is -0.622 e. The third-order valence-corrected chi connectivity index (χ3v) is 5.93. The quantitative estimate of drug-likeness (QED) is 0.187. The molecule has 0 bridgehead atoms. The van der Waals surface area contributed by atoms with Gasteiger partial charge in [-0.1, -0.05) is 60.4 Å². The number of thiocarbonyl (C=S) groups is 1.